The van der Waals surface area contributed by atoms with Crippen LogP contribution in [0, 0.1) is 0 Å². The highest BCUT2D eigenvalue weighted by Gasteiger charge is 2.12. The first-order valence-electron chi connectivity index (χ1n) is 10.1. The quantitative estimate of drug-likeness (QED) is 0.320. The van der Waals surface area contributed by atoms with E-state index in [1.165, 1.54) is 11.8 Å². The van der Waals surface area contributed by atoms with Crippen molar-refractivity contribution in [3.05, 3.63) is 72.9 Å². The summed E-state index contributed by atoms with van der Waals surface area (Å²) in [6, 6.07) is 21.4. The van der Waals surface area contributed by atoms with Crippen molar-refractivity contribution in [2.24, 2.45) is 0 Å². The molecule has 32 heavy (non-hydrogen) atoms. The molecule has 0 saturated carbocycles. The smallest absolute Gasteiger partial charge is 0.224 e. The Morgan fingerprint density at radius 1 is 1.06 bits per heavy atom. The van der Waals surface area contributed by atoms with E-state index in [-0.39, 0.29) is 5.91 Å². The zero-order valence-corrected chi connectivity index (χ0v) is 18.6. The highest BCUT2D eigenvalue weighted by molar-refractivity contribution is 7.99. The molecule has 0 aliphatic carbocycles. The average Bonchev–Trinajstić information content (AvgIpc) is 3.33. The fourth-order valence-electron chi connectivity index (χ4n) is 2.90. The molecule has 0 aliphatic heterocycles. The molecule has 8 nitrogen and oxygen atoms in total. The van der Waals surface area contributed by atoms with E-state index in [0.717, 1.165) is 27.9 Å². The van der Waals surface area contributed by atoms with Gasteiger partial charge in [0.1, 0.15) is 17.5 Å². The van der Waals surface area contributed by atoms with Gasteiger partial charge in [-0.05, 0) is 48.2 Å². The van der Waals surface area contributed by atoms with E-state index in [2.05, 4.69) is 25.8 Å². The number of nitrogens with zero attached hydrogens (tertiary/aromatic N) is 4. The van der Waals surface area contributed by atoms with E-state index < -0.39 is 0 Å². The van der Waals surface area contributed by atoms with Gasteiger partial charge in [-0.3, -0.25) is 9.89 Å². The summed E-state index contributed by atoms with van der Waals surface area (Å²) in [6.45, 7) is 1.82. The lowest BCUT2D eigenvalue weighted by Gasteiger charge is -2.19. The first kappa shape index (κ1) is 21.4. The minimum atomic E-state index is -0.0140. The van der Waals surface area contributed by atoms with E-state index in [0.29, 0.717) is 17.4 Å². The van der Waals surface area contributed by atoms with Gasteiger partial charge in [-0.15, -0.1) is 0 Å². The second kappa shape index (κ2) is 9.97. The van der Waals surface area contributed by atoms with E-state index in [1.807, 2.05) is 85.6 Å². The number of benzene rings is 2. The number of para-hydroxylation sites is 1. The van der Waals surface area contributed by atoms with Crippen LogP contribution in [0.5, 0.6) is 0 Å². The topological polar surface area (TPSA) is 98.8 Å². The molecular formula is C23H23N7OS. The van der Waals surface area contributed by atoms with Crippen LogP contribution in [0.4, 0.5) is 28.8 Å². The molecule has 0 aliphatic rings. The Morgan fingerprint density at radius 3 is 2.53 bits per heavy atom. The molecule has 4 rings (SSSR count). The number of H-pyrrole nitrogens is 1. The molecule has 0 radical (unpaired) electrons. The maximum absolute atomic E-state index is 11.6. The van der Waals surface area contributed by atoms with Crippen molar-refractivity contribution in [1.82, 2.24) is 20.2 Å². The van der Waals surface area contributed by atoms with Crippen LogP contribution in [-0.2, 0) is 4.79 Å². The van der Waals surface area contributed by atoms with Crippen LogP contribution in [0.2, 0.25) is 0 Å². The van der Waals surface area contributed by atoms with Gasteiger partial charge >= 0.3 is 0 Å². The maximum atomic E-state index is 11.6. The van der Waals surface area contributed by atoms with E-state index in [1.54, 1.807) is 6.20 Å². The normalized spacial score (nSPS) is 10.6. The number of amides is 1. The number of hydrogen-bond donors (Lipinski definition) is 3. The number of aromatic nitrogens is 4. The molecule has 3 N–H and O–H groups in total. The zero-order valence-electron chi connectivity index (χ0n) is 17.7. The standard InChI is InChI=1S/C23H23N7OS/c1-3-22(31)25-16-9-11-18(12-10-16)32-23-27-20(26-19-13-14-24-29-19)15-21(28-23)30(2)17-7-5-4-6-8-17/h4-15H,3H2,1-2H3,(H,25,31)(H2,24,26,27,28,29). The first-order valence-corrected chi connectivity index (χ1v) is 10.9. The van der Waals surface area contributed by atoms with E-state index in [9.17, 15) is 4.79 Å². The predicted octanol–water partition coefficient (Wildman–Crippen LogP) is 5.21. The molecule has 1 amide bonds. The molecule has 162 valence electrons. The van der Waals surface area contributed by atoms with Crippen LogP contribution >= 0.6 is 11.8 Å². The number of carbonyl (C=O) groups is 1. The molecule has 0 spiro atoms. The van der Waals surface area contributed by atoms with Gasteiger partial charge in [0.15, 0.2) is 5.16 Å². The largest absolute Gasteiger partial charge is 0.329 e. The highest BCUT2D eigenvalue weighted by atomic mass is 32.2. The van der Waals surface area contributed by atoms with Gasteiger partial charge in [-0.2, -0.15) is 5.10 Å². The highest BCUT2D eigenvalue weighted by Crippen LogP contribution is 2.31. The third-order valence-corrected chi connectivity index (χ3v) is 5.48. The summed E-state index contributed by atoms with van der Waals surface area (Å²) in [4.78, 5) is 24.0. The summed E-state index contributed by atoms with van der Waals surface area (Å²) >= 11 is 1.45. The van der Waals surface area contributed by atoms with Crippen molar-refractivity contribution in [2.75, 3.05) is 22.6 Å². The lowest BCUT2D eigenvalue weighted by molar-refractivity contribution is -0.115. The number of rotatable bonds is 8. The van der Waals surface area contributed by atoms with Crippen LogP contribution in [0.25, 0.3) is 0 Å². The van der Waals surface area contributed by atoms with E-state index in [4.69, 9.17) is 4.98 Å². The van der Waals surface area contributed by atoms with Crippen molar-refractivity contribution in [3.63, 3.8) is 0 Å². The molecule has 0 unspecified atom stereocenters. The van der Waals surface area contributed by atoms with Gasteiger partial charge in [0.05, 0.1) is 6.20 Å². The summed E-state index contributed by atoms with van der Waals surface area (Å²) in [5.74, 6) is 2.13. The van der Waals surface area contributed by atoms with Crippen LogP contribution in [0.3, 0.4) is 0 Å². The SMILES string of the molecule is CCC(=O)Nc1ccc(Sc2nc(Nc3ccn[nH]3)cc(N(C)c3ccccc3)n2)cc1. The van der Waals surface area contributed by atoms with Crippen molar-refractivity contribution >= 4 is 46.5 Å². The second-order valence-corrected chi connectivity index (χ2v) is 7.95. The van der Waals surface area contributed by atoms with Crippen LogP contribution < -0.4 is 15.5 Å². The summed E-state index contributed by atoms with van der Waals surface area (Å²) in [5, 5.41) is 13.5. The van der Waals surface area contributed by atoms with Gasteiger partial charge in [0.25, 0.3) is 0 Å². The number of carbonyl (C=O) groups excluding carboxylic acids is 1. The molecule has 2 heterocycles. The predicted molar refractivity (Wildman–Crippen MR) is 128 cm³/mol. The molecule has 9 heteroatoms. The third kappa shape index (κ3) is 5.44. The number of hydrogen-bond acceptors (Lipinski definition) is 7. The Hall–Kier alpha value is -3.85. The average molecular weight is 446 g/mol. The molecular weight excluding hydrogens is 422 g/mol. The van der Waals surface area contributed by atoms with Crippen molar-refractivity contribution in [2.45, 2.75) is 23.4 Å². The number of aromatic amines is 1. The summed E-state index contributed by atoms with van der Waals surface area (Å²) in [7, 11) is 1.97. The maximum Gasteiger partial charge on any atom is 0.224 e. The zero-order chi connectivity index (χ0) is 22.3. The summed E-state index contributed by atoms with van der Waals surface area (Å²) < 4.78 is 0. The van der Waals surface area contributed by atoms with Crippen molar-refractivity contribution < 1.29 is 4.79 Å². The number of anilines is 5. The van der Waals surface area contributed by atoms with Crippen LogP contribution in [0.1, 0.15) is 13.3 Å². The molecule has 2 aromatic carbocycles. The summed E-state index contributed by atoms with van der Waals surface area (Å²) in [6.07, 6.45) is 2.12. The number of nitrogens with one attached hydrogen (secondary N) is 3. The molecule has 2 aromatic heterocycles. The lowest BCUT2D eigenvalue weighted by Crippen LogP contribution is -2.12. The van der Waals surface area contributed by atoms with Gasteiger partial charge in [-0.25, -0.2) is 9.97 Å². The second-order valence-electron chi connectivity index (χ2n) is 6.91. The Bertz CT molecular complexity index is 1160. The lowest BCUT2D eigenvalue weighted by atomic mass is 10.3. The van der Waals surface area contributed by atoms with Crippen LogP contribution in [-0.4, -0.2) is 33.1 Å². The third-order valence-electron chi connectivity index (χ3n) is 4.61. The fraction of sp³-hybridized carbons (Fsp3) is 0.130. The fourth-order valence-corrected chi connectivity index (χ4v) is 3.67. The van der Waals surface area contributed by atoms with Gasteiger partial charge in [-0.1, -0.05) is 25.1 Å². The van der Waals surface area contributed by atoms with Gasteiger partial charge < -0.3 is 15.5 Å². The van der Waals surface area contributed by atoms with Crippen molar-refractivity contribution in [3.8, 4) is 0 Å². The van der Waals surface area contributed by atoms with Crippen molar-refractivity contribution in [1.29, 1.82) is 0 Å². The first-order chi connectivity index (χ1) is 15.6. The van der Waals surface area contributed by atoms with Gasteiger partial charge in [0, 0.05) is 41.9 Å². The Kier molecular flexibility index (Phi) is 6.66. The molecule has 4 aromatic rings. The monoisotopic (exact) mass is 445 g/mol. The summed E-state index contributed by atoms with van der Waals surface area (Å²) in [5.41, 5.74) is 1.78. The molecule has 0 saturated heterocycles. The Balaban J connectivity index is 1.60. The minimum absolute atomic E-state index is 0.0140. The van der Waals surface area contributed by atoms with Gasteiger partial charge in [0.2, 0.25) is 5.91 Å². The molecule has 0 atom stereocenters. The Labute approximate surface area is 190 Å². The van der Waals surface area contributed by atoms with E-state index >= 15 is 0 Å². The Morgan fingerprint density at radius 2 is 1.84 bits per heavy atom. The minimum Gasteiger partial charge on any atom is -0.329 e. The van der Waals surface area contributed by atoms with Crippen LogP contribution in [0.15, 0.2) is 83.0 Å². The molecule has 0 fully saturated rings. The molecule has 0 bridgehead atoms.